The summed E-state index contributed by atoms with van der Waals surface area (Å²) in [5.41, 5.74) is 0.766. The standard InChI is InChI=1S/C16H18N4O3/c1-4-8-17-16-18-9-7-13(20-16)15(21)19-12-6-5-11(22-2)10-14(12)23-3/h4-7,9-10H,1,8H2,2-3H3,(H,19,21)(H,17,18,20). The van der Waals surface area contributed by atoms with Crippen molar-refractivity contribution in [2.24, 2.45) is 0 Å². The Morgan fingerprint density at radius 3 is 2.83 bits per heavy atom. The quantitative estimate of drug-likeness (QED) is 0.763. The number of carbonyl (C=O) groups excluding carboxylic acids is 1. The van der Waals surface area contributed by atoms with Gasteiger partial charge in [-0.25, -0.2) is 9.97 Å². The number of benzene rings is 1. The van der Waals surface area contributed by atoms with Gasteiger partial charge < -0.3 is 20.1 Å². The van der Waals surface area contributed by atoms with Crippen molar-refractivity contribution in [2.75, 3.05) is 31.4 Å². The van der Waals surface area contributed by atoms with E-state index in [1.165, 1.54) is 19.4 Å². The molecule has 2 aromatic rings. The molecule has 1 heterocycles. The number of hydrogen-bond donors (Lipinski definition) is 2. The summed E-state index contributed by atoms with van der Waals surface area (Å²) in [6.07, 6.45) is 3.19. The van der Waals surface area contributed by atoms with Crippen LogP contribution in [0.5, 0.6) is 11.5 Å². The topological polar surface area (TPSA) is 85.4 Å². The summed E-state index contributed by atoms with van der Waals surface area (Å²) in [5.74, 6) is 1.13. The van der Waals surface area contributed by atoms with Gasteiger partial charge >= 0.3 is 0 Å². The van der Waals surface area contributed by atoms with Crippen molar-refractivity contribution >= 4 is 17.5 Å². The average Bonchev–Trinajstić information content (AvgIpc) is 2.60. The fourth-order valence-corrected chi connectivity index (χ4v) is 1.82. The lowest BCUT2D eigenvalue weighted by Gasteiger charge is -2.11. The molecule has 0 bridgehead atoms. The Balaban J connectivity index is 2.17. The Morgan fingerprint density at radius 1 is 1.30 bits per heavy atom. The van der Waals surface area contributed by atoms with E-state index in [0.29, 0.717) is 29.7 Å². The maximum Gasteiger partial charge on any atom is 0.274 e. The summed E-state index contributed by atoms with van der Waals surface area (Å²) in [6.45, 7) is 4.11. The van der Waals surface area contributed by atoms with Gasteiger partial charge in [0.2, 0.25) is 5.95 Å². The Kier molecular flexibility index (Phi) is 5.51. The maximum atomic E-state index is 12.3. The first-order valence-electron chi connectivity index (χ1n) is 6.89. The molecule has 0 saturated carbocycles. The maximum absolute atomic E-state index is 12.3. The molecule has 23 heavy (non-hydrogen) atoms. The minimum absolute atomic E-state index is 0.240. The van der Waals surface area contributed by atoms with Crippen molar-refractivity contribution < 1.29 is 14.3 Å². The lowest BCUT2D eigenvalue weighted by Crippen LogP contribution is -2.16. The van der Waals surface area contributed by atoms with Gasteiger partial charge in [-0.3, -0.25) is 4.79 Å². The van der Waals surface area contributed by atoms with Crippen LogP contribution in [0.25, 0.3) is 0 Å². The van der Waals surface area contributed by atoms with Gasteiger partial charge in [0.25, 0.3) is 5.91 Å². The molecule has 0 unspecified atom stereocenters. The molecule has 0 radical (unpaired) electrons. The Bertz CT molecular complexity index is 703. The van der Waals surface area contributed by atoms with E-state index in [0.717, 1.165) is 0 Å². The fourth-order valence-electron chi connectivity index (χ4n) is 1.82. The molecule has 1 amide bonds. The number of ether oxygens (including phenoxy) is 2. The molecule has 2 N–H and O–H groups in total. The van der Waals surface area contributed by atoms with Crippen LogP contribution in [-0.4, -0.2) is 36.6 Å². The van der Waals surface area contributed by atoms with E-state index in [9.17, 15) is 4.79 Å². The van der Waals surface area contributed by atoms with Crippen LogP contribution >= 0.6 is 0 Å². The Hall–Kier alpha value is -3.09. The van der Waals surface area contributed by atoms with Gasteiger partial charge in [-0.05, 0) is 18.2 Å². The summed E-state index contributed by atoms with van der Waals surface area (Å²) in [4.78, 5) is 20.5. The monoisotopic (exact) mass is 314 g/mol. The summed E-state index contributed by atoms with van der Waals surface area (Å²) >= 11 is 0. The molecule has 7 heteroatoms. The van der Waals surface area contributed by atoms with Crippen molar-refractivity contribution in [1.82, 2.24) is 9.97 Å². The first kappa shape index (κ1) is 16.3. The normalized spacial score (nSPS) is 9.83. The van der Waals surface area contributed by atoms with Crippen molar-refractivity contribution in [3.8, 4) is 11.5 Å². The number of carbonyl (C=O) groups is 1. The molecule has 1 aromatic carbocycles. The number of methoxy groups -OCH3 is 2. The predicted octanol–water partition coefficient (Wildman–Crippen LogP) is 2.34. The van der Waals surface area contributed by atoms with E-state index < -0.39 is 0 Å². The molecule has 7 nitrogen and oxygen atoms in total. The van der Waals surface area contributed by atoms with Crippen LogP contribution in [0.4, 0.5) is 11.6 Å². The number of nitrogens with one attached hydrogen (secondary N) is 2. The molecular weight excluding hydrogens is 296 g/mol. The third-order valence-corrected chi connectivity index (χ3v) is 2.95. The van der Waals surface area contributed by atoms with E-state index in [1.54, 1.807) is 31.4 Å². The lowest BCUT2D eigenvalue weighted by atomic mass is 10.2. The molecule has 0 saturated heterocycles. The molecule has 1 aromatic heterocycles. The summed E-state index contributed by atoms with van der Waals surface area (Å²) < 4.78 is 10.4. The second-order valence-electron chi connectivity index (χ2n) is 4.46. The first-order chi connectivity index (χ1) is 11.2. The van der Waals surface area contributed by atoms with E-state index >= 15 is 0 Å². The Morgan fingerprint density at radius 2 is 2.13 bits per heavy atom. The number of aromatic nitrogens is 2. The zero-order valence-electron chi connectivity index (χ0n) is 13.0. The third-order valence-electron chi connectivity index (χ3n) is 2.95. The molecule has 120 valence electrons. The predicted molar refractivity (Wildman–Crippen MR) is 88.2 cm³/mol. The van der Waals surface area contributed by atoms with Crippen molar-refractivity contribution in [2.45, 2.75) is 0 Å². The number of anilines is 2. The number of rotatable bonds is 7. The molecule has 0 atom stereocenters. The minimum atomic E-state index is -0.363. The highest BCUT2D eigenvalue weighted by Crippen LogP contribution is 2.29. The molecular formula is C16H18N4O3. The van der Waals surface area contributed by atoms with Crippen LogP contribution in [-0.2, 0) is 0 Å². The van der Waals surface area contributed by atoms with Crippen LogP contribution in [0, 0.1) is 0 Å². The average molecular weight is 314 g/mol. The van der Waals surface area contributed by atoms with E-state index in [-0.39, 0.29) is 11.6 Å². The highest BCUT2D eigenvalue weighted by molar-refractivity contribution is 6.03. The van der Waals surface area contributed by atoms with E-state index in [1.807, 2.05) is 0 Å². The largest absolute Gasteiger partial charge is 0.497 e. The summed E-state index contributed by atoms with van der Waals surface area (Å²) in [5, 5.41) is 5.68. The molecule has 0 fully saturated rings. The highest BCUT2D eigenvalue weighted by Gasteiger charge is 2.12. The van der Waals surface area contributed by atoms with Gasteiger partial charge in [-0.2, -0.15) is 0 Å². The van der Waals surface area contributed by atoms with E-state index in [4.69, 9.17) is 9.47 Å². The van der Waals surface area contributed by atoms with Crippen molar-refractivity contribution in [3.63, 3.8) is 0 Å². The molecule has 0 aliphatic carbocycles. The molecule has 0 spiro atoms. The first-order valence-corrected chi connectivity index (χ1v) is 6.89. The SMILES string of the molecule is C=CCNc1nccc(C(=O)Nc2ccc(OC)cc2OC)n1. The molecule has 0 aliphatic heterocycles. The number of hydrogen-bond acceptors (Lipinski definition) is 6. The fraction of sp³-hybridized carbons (Fsp3) is 0.188. The zero-order chi connectivity index (χ0) is 16.7. The second-order valence-corrected chi connectivity index (χ2v) is 4.46. The van der Waals surface area contributed by atoms with Gasteiger partial charge in [-0.1, -0.05) is 6.08 Å². The zero-order valence-corrected chi connectivity index (χ0v) is 13.0. The Labute approximate surface area is 134 Å². The van der Waals surface area contributed by atoms with Gasteiger partial charge in [0, 0.05) is 18.8 Å². The number of amides is 1. The van der Waals surface area contributed by atoms with Crippen molar-refractivity contribution in [1.29, 1.82) is 0 Å². The van der Waals surface area contributed by atoms with Gasteiger partial charge in [0.1, 0.15) is 17.2 Å². The lowest BCUT2D eigenvalue weighted by molar-refractivity contribution is 0.102. The summed E-state index contributed by atoms with van der Waals surface area (Å²) in [7, 11) is 3.08. The van der Waals surface area contributed by atoms with Gasteiger partial charge in [0.05, 0.1) is 19.9 Å². The van der Waals surface area contributed by atoms with Crippen LogP contribution in [0.15, 0.2) is 43.1 Å². The van der Waals surface area contributed by atoms with Crippen molar-refractivity contribution in [3.05, 3.63) is 48.8 Å². The van der Waals surface area contributed by atoms with Gasteiger partial charge in [-0.15, -0.1) is 6.58 Å². The summed E-state index contributed by atoms with van der Waals surface area (Å²) in [6, 6.07) is 6.65. The van der Waals surface area contributed by atoms with Crippen LogP contribution in [0.2, 0.25) is 0 Å². The van der Waals surface area contributed by atoms with Crippen LogP contribution in [0.3, 0.4) is 0 Å². The van der Waals surface area contributed by atoms with Crippen LogP contribution in [0.1, 0.15) is 10.5 Å². The van der Waals surface area contributed by atoms with Gasteiger partial charge in [0.15, 0.2) is 0 Å². The molecule has 0 aliphatic rings. The third kappa shape index (κ3) is 4.19. The van der Waals surface area contributed by atoms with Crippen LogP contribution < -0.4 is 20.1 Å². The molecule has 2 rings (SSSR count). The second kappa shape index (κ2) is 7.79. The number of nitrogens with zero attached hydrogens (tertiary/aromatic N) is 2. The smallest absolute Gasteiger partial charge is 0.274 e. The van der Waals surface area contributed by atoms with E-state index in [2.05, 4.69) is 27.2 Å². The highest BCUT2D eigenvalue weighted by atomic mass is 16.5. The minimum Gasteiger partial charge on any atom is -0.497 e.